The first-order valence-corrected chi connectivity index (χ1v) is 16.3. The van der Waals surface area contributed by atoms with Crippen molar-refractivity contribution in [3.63, 3.8) is 0 Å². The van der Waals surface area contributed by atoms with Crippen LogP contribution < -0.4 is 5.32 Å². The number of nitrogens with zero attached hydrogens (tertiary/aromatic N) is 6. The van der Waals surface area contributed by atoms with Gasteiger partial charge in [0.05, 0.1) is 25.3 Å². The molecule has 2 aliphatic rings. The highest BCUT2D eigenvalue weighted by Gasteiger charge is 2.67. The van der Waals surface area contributed by atoms with Crippen LogP contribution in [-0.4, -0.2) is 79.1 Å². The maximum absolute atomic E-state index is 14.2. The Balaban J connectivity index is 1.29. The van der Waals surface area contributed by atoms with Crippen LogP contribution in [0.25, 0.3) is 22.0 Å². The van der Waals surface area contributed by atoms with Crippen LogP contribution in [0.2, 0.25) is 0 Å². The highest BCUT2D eigenvalue weighted by atomic mass is 79.9. The molecule has 4 aromatic rings. The van der Waals surface area contributed by atoms with Crippen molar-refractivity contribution in [2.24, 2.45) is 5.41 Å². The number of amides is 2. The molecule has 6 rings (SSSR count). The number of aryl methyl sites for hydroxylation is 1. The van der Waals surface area contributed by atoms with Gasteiger partial charge >= 0.3 is 0 Å². The molecule has 2 fully saturated rings. The van der Waals surface area contributed by atoms with Crippen LogP contribution in [0.5, 0.6) is 0 Å². The van der Waals surface area contributed by atoms with Crippen LogP contribution in [0.3, 0.4) is 0 Å². The number of hydrogen-bond donors (Lipinski definition) is 1. The largest absolute Gasteiger partial charge is 0.377 e. The number of ketones is 1. The molecule has 2 amide bonds. The van der Waals surface area contributed by atoms with Crippen molar-refractivity contribution in [3.8, 4) is 11.1 Å². The third kappa shape index (κ3) is 6.60. The topological polar surface area (TPSA) is 141 Å². The van der Waals surface area contributed by atoms with Gasteiger partial charge in [0.25, 0.3) is 0 Å². The molecule has 0 radical (unpaired) electrons. The van der Waals surface area contributed by atoms with Gasteiger partial charge in [-0.2, -0.15) is 5.10 Å². The van der Waals surface area contributed by atoms with E-state index in [1.807, 2.05) is 38.1 Å². The predicted octanol–water partition coefficient (Wildman–Crippen LogP) is 4.90. The Morgan fingerprint density at radius 1 is 1.13 bits per heavy atom. The van der Waals surface area contributed by atoms with Crippen LogP contribution in [0.1, 0.15) is 48.6 Å². The lowest BCUT2D eigenvalue weighted by molar-refractivity contribution is -0.138. The molecule has 0 spiro atoms. The number of rotatable bonds is 13. The van der Waals surface area contributed by atoms with Crippen molar-refractivity contribution in [3.05, 3.63) is 77.1 Å². The lowest BCUT2D eigenvalue weighted by Crippen LogP contribution is -2.47. The van der Waals surface area contributed by atoms with Crippen LogP contribution >= 0.6 is 15.9 Å². The third-order valence-corrected chi connectivity index (χ3v) is 9.21. The summed E-state index contributed by atoms with van der Waals surface area (Å²) in [5.74, 6) is 0.205. The van der Waals surface area contributed by atoms with E-state index in [4.69, 9.17) is 9.47 Å². The average Bonchev–Trinajstić information content (AvgIpc) is 3.46. The van der Waals surface area contributed by atoms with Gasteiger partial charge in [-0.05, 0) is 66.4 Å². The number of nitrogens with one attached hydrogen (secondary N) is 1. The number of aromatic nitrogens is 5. The highest BCUT2D eigenvalue weighted by molar-refractivity contribution is 9.10. The van der Waals surface area contributed by atoms with Gasteiger partial charge in [0.15, 0.2) is 5.78 Å². The Hall–Kier alpha value is -4.33. The number of likely N-dealkylation sites (tertiary alicyclic amines) is 1. The van der Waals surface area contributed by atoms with E-state index < -0.39 is 6.04 Å². The Morgan fingerprint density at radius 2 is 1.91 bits per heavy atom. The van der Waals surface area contributed by atoms with E-state index in [1.54, 1.807) is 34.1 Å². The average molecular weight is 703 g/mol. The normalized spacial score (nSPS) is 19.9. The monoisotopic (exact) mass is 701 g/mol. The Bertz CT molecular complexity index is 1860. The molecule has 1 aliphatic heterocycles. The van der Waals surface area contributed by atoms with Gasteiger partial charge in [0.2, 0.25) is 11.8 Å². The maximum Gasteiger partial charge on any atom is 0.248 e. The SMILES string of the molecule is C=CCOCC12CC1N(C(=O)Cn1nc(C(C)=O)c3cc(-c4cnc(C)nc4)ccc31)[C@H](C(=O)Nc1nc(Br)ccc1COCC)C2. The summed E-state index contributed by atoms with van der Waals surface area (Å²) in [7, 11) is 0. The van der Waals surface area contributed by atoms with Crippen LogP contribution in [-0.2, 0) is 32.2 Å². The Labute approximate surface area is 280 Å². The van der Waals surface area contributed by atoms with Gasteiger partial charge in [-0.15, -0.1) is 6.58 Å². The van der Waals surface area contributed by atoms with Gasteiger partial charge < -0.3 is 19.7 Å². The van der Waals surface area contributed by atoms with Crippen molar-refractivity contribution in [1.82, 2.24) is 29.6 Å². The number of pyridine rings is 1. The minimum atomic E-state index is -0.753. The van der Waals surface area contributed by atoms with Crippen molar-refractivity contribution < 1.29 is 23.9 Å². The standard InChI is InChI=1S/C34H36BrN7O5/c1-5-11-47-19-34-13-27(33(45)39-32-23(18-46-6-2)8-10-29(35)38-32)42(28(34)14-34)30(44)17-41-26-9-7-22(24-15-36-21(4)37-16-24)12-25(26)31(40-41)20(3)43/h5,7-10,12,15-16,27-28H,1,6,11,13-14,17-19H2,2-4H3,(H,38,39,45)/t27-,28?,34?/m0/s1. The number of Topliss-reactive ketones (excluding diaryl/α,β-unsaturated/α-hetero) is 1. The number of hydrogen-bond acceptors (Lipinski definition) is 9. The number of carbonyl (C=O) groups excluding carboxylic acids is 3. The number of fused-ring (bicyclic) bond motifs is 2. The molecule has 0 bridgehead atoms. The zero-order valence-corrected chi connectivity index (χ0v) is 28.1. The lowest BCUT2D eigenvalue weighted by atomic mass is 10.00. The summed E-state index contributed by atoms with van der Waals surface area (Å²) in [4.78, 5) is 55.5. The molecule has 3 atom stereocenters. The fraction of sp³-hybridized carbons (Fsp3) is 0.382. The summed E-state index contributed by atoms with van der Waals surface area (Å²) in [6.07, 6.45) is 6.31. The smallest absolute Gasteiger partial charge is 0.248 e. The summed E-state index contributed by atoms with van der Waals surface area (Å²) in [6, 6.07) is 8.31. The minimum Gasteiger partial charge on any atom is -0.377 e. The van der Waals surface area contributed by atoms with E-state index in [0.29, 0.717) is 53.4 Å². The van der Waals surface area contributed by atoms with Crippen molar-refractivity contribution in [2.75, 3.05) is 25.1 Å². The van der Waals surface area contributed by atoms with Crippen LogP contribution in [0, 0.1) is 12.3 Å². The summed E-state index contributed by atoms with van der Waals surface area (Å²) < 4.78 is 13.5. The van der Waals surface area contributed by atoms with Crippen molar-refractivity contribution in [1.29, 1.82) is 0 Å². The molecular weight excluding hydrogens is 666 g/mol. The van der Waals surface area contributed by atoms with Crippen LogP contribution in [0.15, 0.2) is 60.0 Å². The van der Waals surface area contributed by atoms with E-state index >= 15 is 0 Å². The summed E-state index contributed by atoms with van der Waals surface area (Å²) in [5, 5.41) is 8.16. The molecule has 1 N–H and O–H groups in total. The second-order valence-corrected chi connectivity index (χ2v) is 12.8. The molecule has 47 heavy (non-hydrogen) atoms. The number of piperidine rings is 1. The van der Waals surface area contributed by atoms with Gasteiger partial charge in [0.1, 0.15) is 34.5 Å². The molecule has 13 heteroatoms. The predicted molar refractivity (Wildman–Crippen MR) is 179 cm³/mol. The summed E-state index contributed by atoms with van der Waals surface area (Å²) in [5.41, 5.74) is 2.92. The summed E-state index contributed by atoms with van der Waals surface area (Å²) in [6.45, 7) is 10.3. The van der Waals surface area contributed by atoms with E-state index in [0.717, 1.165) is 23.1 Å². The van der Waals surface area contributed by atoms with Gasteiger partial charge in [0, 0.05) is 53.9 Å². The molecule has 3 aromatic heterocycles. The Morgan fingerprint density at radius 3 is 2.64 bits per heavy atom. The van der Waals surface area contributed by atoms with Gasteiger partial charge in [-0.3, -0.25) is 19.1 Å². The molecular formula is C34H36BrN7O5. The fourth-order valence-corrected chi connectivity index (χ4v) is 6.67. The zero-order chi connectivity index (χ0) is 33.3. The number of anilines is 1. The quantitative estimate of drug-likeness (QED) is 0.0892. The zero-order valence-electron chi connectivity index (χ0n) is 26.5. The van der Waals surface area contributed by atoms with E-state index in [1.165, 1.54) is 6.92 Å². The molecule has 244 valence electrons. The second kappa shape index (κ2) is 13.4. The molecule has 1 saturated heterocycles. The van der Waals surface area contributed by atoms with Crippen LogP contribution in [0.4, 0.5) is 5.82 Å². The first kappa shape index (κ1) is 32.6. The molecule has 2 unspecified atom stereocenters. The van der Waals surface area contributed by atoms with Gasteiger partial charge in [-0.1, -0.05) is 18.2 Å². The second-order valence-electron chi connectivity index (χ2n) is 12.0. The summed E-state index contributed by atoms with van der Waals surface area (Å²) >= 11 is 3.39. The minimum absolute atomic E-state index is 0.147. The third-order valence-electron chi connectivity index (χ3n) is 8.77. The molecule has 4 heterocycles. The van der Waals surface area contributed by atoms with E-state index in [-0.39, 0.29) is 47.9 Å². The van der Waals surface area contributed by atoms with E-state index in [9.17, 15) is 14.4 Å². The Kier molecular flexibility index (Phi) is 9.31. The lowest BCUT2D eigenvalue weighted by Gasteiger charge is -2.27. The fourth-order valence-electron chi connectivity index (χ4n) is 6.36. The van der Waals surface area contributed by atoms with Crippen molar-refractivity contribution in [2.45, 2.75) is 58.8 Å². The number of ether oxygens (including phenoxy) is 2. The first-order valence-electron chi connectivity index (χ1n) is 15.5. The highest BCUT2D eigenvalue weighted by Crippen LogP contribution is 2.60. The number of benzene rings is 1. The maximum atomic E-state index is 14.2. The van der Waals surface area contributed by atoms with Gasteiger partial charge in [-0.25, -0.2) is 15.0 Å². The van der Waals surface area contributed by atoms with Crippen molar-refractivity contribution >= 4 is 50.2 Å². The number of halogens is 1. The first-order chi connectivity index (χ1) is 22.6. The molecule has 12 nitrogen and oxygen atoms in total. The number of carbonyl (C=O) groups is 3. The van der Waals surface area contributed by atoms with E-state index in [2.05, 4.69) is 47.9 Å². The molecule has 1 saturated carbocycles. The molecule has 1 aliphatic carbocycles. The molecule has 1 aromatic carbocycles.